The van der Waals surface area contributed by atoms with Gasteiger partial charge in [0.2, 0.25) is 0 Å². The molecule has 0 heterocycles. The Balaban J connectivity index is 2.62. The first-order valence-corrected chi connectivity index (χ1v) is 1.38. The molecule has 1 nitrogen and oxygen atoms in total. The molecule has 0 bridgehead atoms. The third-order valence-corrected chi connectivity index (χ3v) is 0.215. The van der Waals surface area contributed by atoms with E-state index < -0.39 is 0 Å². The van der Waals surface area contributed by atoms with Crippen LogP contribution in [0, 0.1) is 0 Å². The monoisotopic (exact) mass is 68.0 g/mol. The minimum atomic E-state index is 1.40. The Morgan fingerprint density at radius 3 is 2.40 bits per heavy atom. The Morgan fingerprint density at radius 1 is 1.80 bits per heavy atom. The van der Waals surface area contributed by atoms with E-state index in [4.69, 9.17) is 0 Å². The summed E-state index contributed by atoms with van der Waals surface area (Å²) in [7, 11) is 4.55. The highest BCUT2D eigenvalue weighted by Gasteiger charge is 1.49. The normalized spacial score (nSPS) is 9.00. The molecule has 0 atom stereocenters. The molecule has 0 unspecified atom stereocenters. The summed E-state index contributed by atoms with van der Waals surface area (Å²) in [6.07, 6.45) is 3.11. The standard InChI is InChI=1S/C3H5BO/c1-2-3-5-4/h2-3H,1H3. The fraction of sp³-hybridized carbons (Fsp3) is 0.333. The highest BCUT2D eigenvalue weighted by molar-refractivity contribution is 5.98. The lowest BCUT2D eigenvalue weighted by molar-refractivity contribution is 0.534. The van der Waals surface area contributed by atoms with Crippen LogP contribution in [0.25, 0.3) is 0 Å². The number of allylic oxidation sites excluding steroid dienone is 1. The third kappa shape index (κ3) is 3.60. The second-order valence-electron chi connectivity index (χ2n) is 0.605. The van der Waals surface area contributed by atoms with Crippen LogP contribution in [-0.4, -0.2) is 8.05 Å². The van der Waals surface area contributed by atoms with Gasteiger partial charge < -0.3 is 4.65 Å². The van der Waals surface area contributed by atoms with Crippen LogP contribution in [0.4, 0.5) is 0 Å². The van der Waals surface area contributed by atoms with Crippen molar-refractivity contribution in [3.05, 3.63) is 12.3 Å². The summed E-state index contributed by atoms with van der Waals surface area (Å²) in [6.45, 7) is 1.83. The molecule has 0 saturated heterocycles. The second-order valence-corrected chi connectivity index (χ2v) is 0.605. The quantitative estimate of drug-likeness (QED) is 0.323. The van der Waals surface area contributed by atoms with Crippen molar-refractivity contribution < 1.29 is 4.65 Å². The summed E-state index contributed by atoms with van der Waals surface area (Å²) in [4.78, 5) is 0. The van der Waals surface area contributed by atoms with Gasteiger partial charge in [0.15, 0.2) is 0 Å². The van der Waals surface area contributed by atoms with Gasteiger partial charge in [-0.15, -0.1) is 0 Å². The van der Waals surface area contributed by atoms with Gasteiger partial charge in [-0.25, -0.2) is 0 Å². The van der Waals surface area contributed by atoms with E-state index in [2.05, 4.69) is 12.7 Å². The third-order valence-electron chi connectivity index (χ3n) is 0.215. The summed E-state index contributed by atoms with van der Waals surface area (Å²) in [5.74, 6) is 0. The van der Waals surface area contributed by atoms with Crippen molar-refractivity contribution in [3.8, 4) is 0 Å². The number of rotatable bonds is 1. The van der Waals surface area contributed by atoms with Crippen molar-refractivity contribution in [1.82, 2.24) is 0 Å². The molecule has 0 fully saturated rings. The van der Waals surface area contributed by atoms with Gasteiger partial charge in [0.25, 0.3) is 0 Å². The van der Waals surface area contributed by atoms with Crippen LogP contribution in [-0.2, 0) is 4.65 Å². The molecule has 0 N–H and O–H groups in total. The number of hydrogen-bond donors (Lipinski definition) is 0. The van der Waals surface area contributed by atoms with E-state index in [9.17, 15) is 0 Å². The maximum Gasteiger partial charge on any atom is 0.373 e. The molecule has 26 valence electrons. The van der Waals surface area contributed by atoms with Gasteiger partial charge in [-0.3, -0.25) is 0 Å². The zero-order valence-electron chi connectivity index (χ0n) is 3.14. The first-order valence-electron chi connectivity index (χ1n) is 1.38. The molecule has 0 aromatic carbocycles. The fourth-order valence-electron chi connectivity index (χ4n) is 0.0786. The van der Waals surface area contributed by atoms with Crippen molar-refractivity contribution >= 4 is 8.05 Å². The Hall–Kier alpha value is -0.395. The van der Waals surface area contributed by atoms with Crippen molar-refractivity contribution in [2.75, 3.05) is 0 Å². The van der Waals surface area contributed by atoms with E-state index in [1.807, 2.05) is 6.92 Å². The van der Waals surface area contributed by atoms with Crippen LogP contribution >= 0.6 is 0 Å². The van der Waals surface area contributed by atoms with Gasteiger partial charge in [0.1, 0.15) is 0 Å². The average molecular weight is 67.9 g/mol. The molecule has 0 saturated carbocycles. The Bertz CT molecular complexity index is 33.9. The molecule has 0 aliphatic heterocycles. The van der Waals surface area contributed by atoms with Crippen molar-refractivity contribution in [2.24, 2.45) is 0 Å². The zero-order valence-corrected chi connectivity index (χ0v) is 3.14. The predicted molar refractivity (Wildman–Crippen MR) is 21.7 cm³/mol. The van der Waals surface area contributed by atoms with Crippen LogP contribution in [0.15, 0.2) is 12.3 Å². The summed E-state index contributed by atoms with van der Waals surface area (Å²) >= 11 is 0. The van der Waals surface area contributed by atoms with Gasteiger partial charge in [-0.05, 0) is 6.92 Å². The maximum atomic E-state index is 4.55. The molecule has 2 heteroatoms. The summed E-state index contributed by atoms with van der Waals surface area (Å²) in [5.41, 5.74) is 0. The van der Waals surface area contributed by atoms with Crippen LogP contribution < -0.4 is 0 Å². The molecule has 5 heavy (non-hydrogen) atoms. The molecule has 0 rings (SSSR count). The van der Waals surface area contributed by atoms with Crippen molar-refractivity contribution in [3.63, 3.8) is 0 Å². The topological polar surface area (TPSA) is 9.23 Å². The molecule has 0 spiro atoms. The SMILES string of the molecule is [B]OC=CC. The van der Waals surface area contributed by atoms with E-state index >= 15 is 0 Å². The van der Waals surface area contributed by atoms with Gasteiger partial charge in [0.05, 0.1) is 6.26 Å². The van der Waals surface area contributed by atoms with Gasteiger partial charge in [0, 0.05) is 0 Å². The Morgan fingerprint density at radius 2 is 2.40 bits per heavy atom. The molecular formula is C3H5BO. The fourth-order valence-corrected chi connectivity index (χ4v) is 0.0786. The van der Waals surface area contributed by atoms with Crippen molar-refractivity contribution in [1.29, 1.82) is 0 Å². The highest BCUT2D eigenvalue weighted by Crippen LogP contribution is 1.63. The van der Waals surface area contributed by atoms with Crippen LogP contribution in [0.1, 0.15) is 6.92 Å². The lowest BCUT2D eigenvalue weighted by atomic mass is 10.6. The average Bonchev–Trinajstić information content (AvgIpc) is 1.41. The van der Waals surface area contributed by atoms with E-state index in [0.717, 1.165) is 0 Å². The van der Waals surface area contributed by atoms with E-state index in [-0.39, 0.29) is 0 Å². The van der Waals surface area contributed by atoms with E-state index in [1.54, 1.807) is 6.08 Å². The second kappa shape index (κ2) is 3.60. The van der Waals surface area contributed by atoms with Crippen LogP contribution in [0.5, 0.6) is 0 Å². The van der Waals surface area contributed by atoms with Crippen LogP contribution in [0.2, 0.25) is 0 Å². The van der Waals surface area contributed by atoms with E-state index in [0.29, 0.717) is 0 Å². The molecule has 2 radical (unpaired) electrons. The summed E-state index contributed by atoms with van der Waals surface area (Å²) in [6, 6.07) is 0. The summed E-state index contributed by atoms with van der Waals surface area (Å²) in [5, 5.41) is 0. The smallest absolute Gasteiger partial charge is 0.373 e. The van der Waals surface area contributed by atoms with E-state index in [1.165, 1.54) is 6.26 Å². The molecule has 0 aromatic rings. The highest BCUT2D eigenvalue weighted by atomic mass is 16.4. The minimum absolute atomic E-state index is 1.40. The minimum Gasteiger partial charge on any atom is -0.573 e. The van der Waals surface area contributed by atoms with Gasteiger partial charge >= 0.3 is 8.05 Å². The molecule has 0 aromatic heterocycles. The maximum absolute atomic E-state index is 4.55. The number of hydrogen-bond acceptors (Lipinski definition) is 1. The van der Waals surface area contributed by atoms with Crippen molar-refractivity contribution in [2.45, 2.75) is 6.92 Å². The van der Waals surface area contributed by atoms with Crippen LogP contribution in [0.3, 0.4) is 0 Å². The summed E-state index contributed by atoms with van der Waals surface area (Å²) < 4.78 is 4.01. The molecule has 0 aliphatic rings. The largest absolute Gasteiger partial charge is 0.573 e. The first-order chi connectivity index (χ1) is 2.41. The Labute approximate surface area is 33.1 Å². The zero-order chi connectivity index (χ0) is 4.12. The molecular weight excluding hydrogens is 62.8 g/mol. The van der Waals surface area contributed by atoms with Gasteiger partial charge in [-0.1, -0.05) is 6.08 Å². The van der Waals surface area contributed by atoms with Gasteiger partial charge in [-0.2, -0.15) is 0 Å². The molecule has 0 aliphatic carbocycles. The Kier molecular flexibility index (Phi) is 3.32. The first kappa shape index (κ1) is 4.60. The lowest BCUT2D eigenvalue weighted by Gasteiger charge is -1.77. The lowest BCUT2D eigenvalue weighted by Crippen LogP contribution is -1.62. The molecule has 0 amide bonds. The predicted octanol–water partition coefficient (Wildman–Crippen LogP) is 0.620.